The van der Waals surface area contributed by atoms with E-state index in [9.17, 15) is 18.3 Å². The fourth-order valence-corrected chi connectivity index (χ4v) is 3.60. The number of hydrogen-bond donors (Lipinski definition) is 3. The fourth-order valence-electron chi connectivity index (χ4n) is 2.32. The Bertz CT molecular complexity index is 631. The molecule has 0 bridgehead atoms. The largest absolute Gasteiger partial charge is 0.477 e. The number of aliphatic hydroxyl groups excluding tert-OH is 1. The second-order valence-electron chi connectivity index (χ2n) is 5.61. The van der Waals surface area contributed by atoms with Gasteiger partial charge in [0, 0.05) is 18.3 Å². The molecule has 2 unspecified atom stereocenters. The van der Waals surface area contributed by atoms with Crippen molar-refractivity contribution in [3.63, 3.8) is 0 Å². The predicted octanol–water partition coefficient (Wildman–Crippen LogP) is 0.959. The summed E-state index contributed by atoms with van der Waals surface area (Å²) in [6.45, 7) is 3.23. The minimum Gasteiger partial charge on any atom is -0.477 e. The van der Waals surface area contributed by atoms with Crippen LogP contribution in [0.15, 0.2) is 17.2 Å². The summed E-state index contributed by atoms with van der Waals surface area (Å²) in [5, 5.41) is 18.4. The number of aromatic carboxylic acids is 1. The van der Waals surface area contributed by atoms with Gasteiger partial charge in [0.2, 0.25) is 10.0 Å². The summed E-state index contributed by atoms with van der Waals surface area (Å²) in [5.41, 5.74) is -0.0129. The van der Waals surface area contributed by atoms with Gasteiger partial charge >= 0.3 is 5.97 Å². The molecule has 0 amide bonds. The Balaban J connectivity index is 2.24. The number of rotatable bonds is 7. The first-order chi connectivity index (χ1) is 9.70. The van der Waals surface area contributed by atoms with Crippen molar-refractivity contribution in [2.24, 2.45) is 0 Å². The van der Waals surface area contributed by atoms with Crippen molar-refractivity contribution in [1.29, 1.82) is 0 Å². The summed E-state index contributed by atoms with van der Waals surface area (Å²) in [5.74, 6) is -1.14. The van der Waals surface area contributed by atoms with E-state index in [0.717, 1.165) is 12.8 Å². The molecule has 1 fully saturated rings. The van der Waals surface area contributed by atoms with Crippen LogP contribution in [0.5, 0.6) is 0 Å². The molecule has 8 heteroatoms. The highest BCUT2D eigenvalue weighted by Gasteiger charge is 2.30. The van der Waals surface area contributed by atoms with Gasteiger partial charge in [0.1, 0.15) is 10.6 Å². The molecule has 0 aliphatic heterocycles. The quantitative estimate of drug-likeness (QED) is 0.694. The molecule has 0 saturated heterocycles. The van der Waals surface area contributed by atoms with Gasteiger partial charge < -0.3 is 14.8 Å². The van der Waals surface area contributed by atoms with Crippen LogP contribution in [0.2, 0.25) is 0 Å². The van der Waals surface area contributed by atoms with Crippen molar-refractivity contribution in [3.8, 4) is 0 Å². The number of nitrogens with one attached hydrogen (secondary N) is 1. The summed E-state index contributed by atoms with van der Waals surface area (Å²) >= 11 is 0. The Labute approximate surface area is 123 Å². The summed E-state index contributed by atoms with van der Waals surface area (Å²) in [4.78, 5) is 11.1. The number of carboxylic acids is 1. The van der Waals surface area contributed by atoms with Crippen molar-refractivity contribution in [3.05, 3.63) is 18.0 Å². The van der Waals surface area contributed by atoms with Crippen LogP contribution in [0.25, 0.3) is 0 Å². The lowest BCUT2D eigenvalue weighted by Crippen LogP contribution is -2.34. The van der Waals surface area contributed by atoms with Crippen molar-refractivity contribution in [2.75, 3.05) is 0 Å². The molecule has 3 N–H and O–H groups in total. The SMILES string of the molecule is CC(O)CC(C)NS(=O)(=O)c1cc(C(=O)O)n(C2CC2)c1. The maximum Gasteiger partial charge on any atom is 0.352 e. The van der Waals surface area contributed by atoms with E-state index in [2.05, 4.69) is 4.72 Å². The van der Waals surface area contributed by atoms with Crippen LogP contribution in [-0.2, 0) is 10.0 Å². The van der Waals surface area contributed by atoms with Crippen molar-refractivity contribution >= 4 is 16.0 Å². The van der Waals surface area contributed by atoms with Crippen LogP contribution in [0.4, 0.5) is 0 Å². The monoisotopic (exact) mass is 316 g/mol. The second kappa shape index (κ2) is 5.78. The maximum absolute atomic E-state index is 12.3. The van der Waals surface area contributed by atoms with E-state index in [1.807, 2.05) is 0 Å². The second-order valence-corrected chi connectivity index (χ2v) is 7.33. The molecule has 0 radical (unpaired) electrons. The molecule has 118 valence electrons. The van der Waals surface area contributed by atoms with Crippen LogP contribution < -0.4 is 4.72 Å². The van der Waals surface area contributed by atoms with Crippen LogP contribution in [-0.4, -0.2) is 41.3 Å². The molecule has 1 aromatic rings. The van der Waals surface area contributed by atoms with Gasteiger partial charge in [-0.25, -0.2) is 17.9 Å². The highest BCUT2D eigenvalue weighted by molar-refractivity contribution is 7.89. The average Bonchev–Trinajstić information content (AvgIpc) is 3.04. The van der Waals surface area contributed by atoms with Gasteiger partial charge in [-0.05, 0) is 39.2 Å². The summed E-state index contributed by atoms with van der Waals surface area (Å²) < 4.78 is 28.5. The topological polar surface area (TPSA) is 109 Å². The minimum atomic E-state index is -3.79. The van der Waals surface area contributed by atoms with E-state index in [1.165, 1.54) is 16.8 Å². The molecule has 1 aliphatic rings. The number of carbonyl (C=O) groups is 1. The van der Waals surface area contributed by atoms with E-state index in [1.54, 1.807) is 13.8 Å². The van der Waals surface area contributed by atoms with E-state index in [0.29, 0.717) is 0 Å². The highest BCUT2D eigenvalue weighted by atomic mass is 32.2. The molecular formula is C13H20N2O5S. The summed E-state index contributed by atoms with van der Waals surface area (Å²) in [6.07, 6.45) is 2.77. The lowest BCUT2D eigenvalue weighted by atomic mass is 10.2. The lowest BCUT2D eigenvalue weighted by Gasteiger charge is -2.14. The molecule has 0 aromatic carbocycles. The first kappa shape index (κ1) is 16.0. The molecular weight excluding hydrogens is 296 g/mol. The van der Waals surface area contributed by atoms with Crippen LogP contribution in [0, 0.1) is 0 Å². The number of sulfonamides is 1. The average molecular weight is 316 g/mol. The zero-order valence-electron chi connectivity index (χ0n) is 12.0. The Morgan fingerprint density at radius 1 is 1.48 bits per heavy atom. The van der Waals surface area contributed by atoms with E-state index >= 15 is 0 Å². The van der Waals surface area contributed by atoms with Crippen LogP contribution >= 0.6 is 0 Å². The summed E-state index contributed by atoms with van der Waals surface area (Å²) in [7, 11) is -3.79. The Hall–Kier alpha value is -1.38. The number of aromatic nitrogens is 1. The Morgan fingerprint density at radius 3 is 2.57 bits per heavy atom. The first-order valence-corrected chi connectivity index (χ1v) is 8.34. The third kappa shape index (κ3) is 3.84. The standard InChI is InChI=1S/C13H20N2O5S/c1-8(5-9(2)16)14-21(19,20)11-6-12(13(17)18)15(7-11)10-3-4-10/h6-10,14,16H,3-5H2,1-2H3,(H,17,18). The van der Waals surface area contributed by atoms with Crippen LogP contribution in [0.3, 0.4) is 0 Å². The van der Waals surface area contributed by atoms with E-state index in [-0.39, 0.29) is 23.1 Å². The Kier molecular flexibility index (Phi) is 4.40. The normalized spacial score (nSPS) is 18.4. The van der Waals surface area contributed by atoms with Gasteiger partial charge in [0.15, 0.2) is 0 Å². The van der Waals surface area contributed by atoms with Gasteiger partial charge in [-0.2, -0.15) is 0 Å². The number of carboxylic acid groups (broad SMARTS) is 1. The van der Waals surface area contributed by atoms with Crippen molar-refractivity contribution in [1.82, 2.24) is 9.29 Å². The fraction of sp³-hybridized carbons (Fsp3) is 0.615. The molecule has 1 saturated carbocycles. The molecule has 0 spiro atoms. The molecule has 2 rings (SSSR count). The van der Waals surface area contributed by atoms with Gasteiger partial charge in [0.05, 0.1) is 6.10 Å². The smallest absolute Gasteiger partial charge is 0.352 e. The zero-order chi connectivity index (χ0) is 15.8. The van der Waals surface area contributed by atoms with Gasteiger partial charge in [-0.1, -0.05) is 0 Å². The number of nitrogens with zero attached hydrogens (tertiary/aromatic N) is 1. The van der Waals surface area contributed by atoms with Gasteiger partial charge in [0.25, 0.3) is 0 Å². The summed E-state index contributed by atoms with van der Waals surface area (Å²) in [6, 6.07) is 0.820. The van der Waals surface area contributed by atoms with Gasteiger partial charge in [-0.3, -0.25) is 0 Å². The minimum absolute atomic E-state index is 0.0129. The maximum atomic E-state index is 12.3. The lowest BCUT2D eigenvalue weighted by molar-refractivity contribution is 0.0685. The Morgan fingerprint density at radius 2 is 2.10 bits per heavy atom. The molecule has 2 atom stereocenters. The molecule has 7 nitrogen and oxygen atoms in total. The number of hydrogen-bond acceptors (Lipinski definition) is 4. The molecule has 1 aromatic heterocycles. The highest BCUT2D eigenvalue weighted by Crippen LogP contribution is 2.37. The zero-order valence-corrected chi connectivity index (χ0v) is 12.8. The molecule has 21 heavy (non-hydrogen) atoms. The van der Waals surface area contributed by atoms with Crippen molar-refractivity contribution in [2.45, 2.75) is 56.2 Å². The van der Waals surface area contributed by atoms with Gasteiger partial charge in [-0.15, -0.1) is 0 Å². The molecule has 1 aliphatic carbocycles. The third-order valence-corrected chi connectivity index (χ3v) is 4.90. The van der Waals surface area contributed by atoms with E-state index < -0.39 is 28.1 Å². The number of aliphatic hydroxyl groups is 1. The molecule has 1 heterocycles. The van der Waals surface area contributed by atoms with Crippen LogP contribution in [0.1, 0.15) is 49.6 Å². The third-order valence-electron chi connectivity index (χ3n) is 3.34. The van der Waals surface area contributed by atoms with E-state index in [4.69, 9.17) is 5.11 Å². The first-order valence-electron chi connectivity index (χ1n) is 6.86. The van der Waals surface area contributed by atoms with Crippen molar-refractivity contribution < 1.29 is 23.4 Å². The predicted molar refractivity (Wildman–Crippen MR) is 75.7 cm³/mol.